The minimum Gasteiger partial charge on any atom is -0.323 e. The molecular weight excluding hydrogens is 236 g/mol. The van der Waals surface area contributed by atoms with Gasteiger partial charge in [-0.05, 0) is 43.4 Å². The lowest BCUT2D eigenvalue weighted by molar-refractivity contribution is -0.134. The first kappa shape index (κ1) is 13.4. The first-order valence-corrected chi connectivity index (χ1v) is 8.20. The maximum absolute atomic E-state index is 12.8. The Bertz CT molecular complexity index is 355. The van der Waals surface area contributed by atoms with Crippen LogP contribution in [0.4, 0.5) is 0 Å². The maximum Gasteiger partial charge on any atom is 0.241 e. The van der Waals surface area contributed by atoms with Crippen molar-refractivity contribution in [1.29, 1.82) is 0 Å². The molecule has 0 aromatic carbocycles. The average Bonchev–Trinajstić information content (AvgIpc) is 3.03. The maximum atomic E-state index is 12.8. The Morgan fingerprint density at radius 3 is 2.63 bits per heavy atom. The van der Waals surface area contributed by atoms with Crippen molar-refractivity contribution >= 4 is 5.91 Å². The molecule has 19 heavy (non-hydrogen) atoms. The Morgan fingerprint density at radius 1 is 1.32 bits per heavy atom. The van der Waals surface area contributed by atoms with E-state index in [-0.39, 0.29) is 6.04 Å². The second kappa shape index (κ2) is 5.08. The van der Waals surface area contributed by atoms with Crippen LogP contribution in [0.25, 0.3) is 0 Å². The number of rotatable bonds is 4. The number of hydrogen-bond acceptors (Lipinski definition) is 2. The predicted molar refractivity (Wildman–Crippen MR) is 76.5 cm³/mol. The number of nitrogens with zero attached hydrogens (tertiary/aromatic N) is 1. The zero-order valence-electron chi connectivity index (χ0n) is 12.6. The van der Waals surface area contributed by atoms with Gasteiger partial charge in [0.25, 0.3) is 0 Å². The number of carbonyl (C=O) groups excluding carboxylic acids is 1. The fourth-order valence-electron chi connectivity index (χ4n) is 4.59. The van der Waals surface area contributed by atoms with Gasteiger partial charge in [0, 0.05) is 6.04 Å². The molecule has 0 spiro atoms. The summed E-state index contributed by atoms with van der Waals surface area (Å²) in [6.45, 7) is 6.53. The molecule has 1 aliphatic heterocycles. The van der Waals surface area contributed by atoms with Gasteiger partial charge in [-0.3, -0.25) is 10.1 Å². The Hall–Kier alpha value is -0.570. The van der Waals surface area contributed by atoms with Crippen molar-refractivity contribution in [2.75, 3.05) is 0 Å². The van der Waals surface area contributed by atoms with E-state index < -0.39 is 0 Å². The number of amides is 1. The summed E-state index contributed by atoms with van der Waals surface area (Å²) in [4.78, 5) is 15.0. The smallest absolute Gasteiger partial charge is 0.241 e. The molecule has 0 aromatic heterocycles. The molecule has 1 N–H and O–H groups in total. The van der Waals surface area contributed by atoms with E-state index in [2.05, 4.69) is 31.0 Å². The second-order valence-electron chi connectivity index (χ2n) is 7.18. The highest BCUT2D eigenvalue weighted by atomic mass is 16.2. The number of fused-ring (bicyclic) bond motifs is 2. The van der Waals surface area contributed by atoms with Gasteiger partial charge in [-0.15, -0.1) is 0 Å². The van der Waals surface area contributed by atoms with Gasteiger partial charge in [-0.25, -0.2) is 0 Å². The first-order valence-electron chi connectivity index (χ1n) is 8.20. The highest BCUT2D eigenvalue weighted by Gasteiger charge is 2.50. The molecule has 1 heterocycles. The third-order valence-electron chi connectivity index (χ3n) is 5.52. The molecule has 2 aliphatic carbocycles. The van der Waals surface area contributed by atoms with Gasteiger partial charge in [0.1, 0.15) is 0 Å². The lowest BCUT2D eigenvalue weighted by Crippen LogP contribution is -2.47. The quantitative estimate of drug-likeness (QED) is 0.847. The number of carbonyl (C=O) groups is 1. The molecule has 0 aromatic rings. The van der Waals surface area contributed by atoms with E-state index in [0.29, 0.717) is 24.0 Å². The molecular formula is C16H28N2O. The van der Waals surface area contributed by atoms with Crippen molar-refractivity contribution in [2.24, 2.45) is 17.8 Å². The van der Waals surface area contributed by atoms with Crippen LogP contribution in [-0.2, 0) is 4.79 Å². The normalized spacial score (nSPS) is 41.8. The molecule has 3 rings (SSSR count). The number of hydrogen-bond donors (Lipinski definition) is 1. The molecule has 1 saturated heterocycles. The second-order valence-corrected chi connectivity index (χ2v) is 7.18. The molecule has 5 unspecified atom stereocenters. The third kappa shape index (κ3) is 2.20. The Morgan fingerprint density at radius 2 is 2.11 bits per heavy atom. The zero-order chi connectivity index (χ0) is 13.6. The highest BCUT2D eigenvalue weighted by molar-refractivity contribution is 5.85. The lowest BCUT2D eigenvalue weighted by Gasteiger charge is -2.35. The van der Waals surface area contributed by atoms with Crippen LogP contribution in [-0.4, -0.2) is 29.1 Å². The van der Waals surface area contributed by atoms with Crippen molar-refractivity contribution in [2.45, 2.75) is 77.5 Å². The zero-order valence-corrected chi connectivity index (χ0v) is 12.6. The van der Waals surface area contributed by atoms with Gasteiger partial charge >= 0.3 is 0 Å². The summed E-state index contributed by atoms with van der Waals surface area (Å²) in [7, 11) is 0. The molecule has 2 bridgehead atoms. The summed E-state index contributed by atoms with van der Waals surface area (Å²) < 4.78 is 0. The van der Waals surface area contributed by atoms with Gasteiger partial charge in [0.15, 0.2) is 0 Å². The molecule has 0 radical (unpaired) electrons. The Balaban J connectivity index is 1.78. The summed E-state index contributed by atoms with van der Waals surface area (Å²) in [5, 5.41) is 3.60. The predicted octanol–water partition coefficient (Wildman–Crippen LogP) is 2.76. The van der Waals surface area contributed by atoms with Crippen LogP contribution in [0.2, 0.25) is 0 Å². The molecule has 1 amide bonds. The monoisotopic (exact) mass is 264 g/mol. The summed E-state index contributed by atoms with van der Waals surface area (Å²) in [5.41, 5.74) is 0. The van der Waals surface area contributed by atoms with Gasteiger partial charge in [-0.1, -0.05) is 33.6 Å². The molecule has 108 valence electrons. The van der Waals surface area contributed by atoms with Crippen LogP contribution in [0.15, 0.2) is 0 Å². The summed E-state index contributed by atoms with van der Waals surface area (Å²) in [6, 6.07) is 0.592. The molecule has 5 atom stereocenters. The van der Waals surface area contributed by atoms with Crippen molar-refractivity contribution in [3.8, 4) is 0 Å². The van der Waals surface area contributed by atoms with Gasteiger partial charge in [-0.2, -0.15) is 0 Å². The average molecular weight is 264 g/mol. The van der Waals surface area contributed by atoms with E-state index in [0.717, 1.165) is 24.7 Å². The van der Waals surface area contributed by atoms with Gasteiger partial charge in [0.05, 0.1) is 12.2 Å². The van der Waals surface area contributed by atoms with Crippen LogP contribution in [0.3, 0.4) is 0 Å². The van der Waals surface area contributed by atoms with Crippen LogP contribution in [0.5, 0.6) is 0 Å². The molecule has 3 fully saturated rings. The summed E-state index contributed by atoms with van der Waals surface area (Å²) in [5.74, 6) is 2.48. The van der Waals surface area contributed by atoms with Crippen molar-refractivity contribution < 1.29 is 4.79 Å². The van der Waals surface area contributed by atoms with Crippen LogP contribution in [0, 0.1) is 17.8 Å². The minimum absolute atomic E-state index is 0.0516. The van der Waals surface area contributed by atoms with Crippen molar-refractivity contribution in [3.63, 3.8) is 0 Å². The van der Waals surface area contributed by atoms with Crippen LogP contribution in [0.1, 0.15) is 59.3 Å². The standard InChI is InChI=1S/C16H28N2O/c1-4-5-14-17-15(10(2)3)16(19)18(14)13-9-11-6-7-12(13)8-11/h10-15,17H,4-9H2,1-3H3. The molecule has 3 heteroatoms. The SMILES string of the molecule is CCCC1NC(C(C)C)C(=O)N1C1CC2CCC1C2. The van der Waals surface area contributed by atoms with Gasteiger partial charge < -0.3 is 4.90 Å². The largest absolute Gasteiger partial charge is 0.323 e. The van der Waals surface area contributed by atoms with E-state index in [1.807, 2.05) is 0 Å². The van der Waals surface area contributed by atoms with E-state index in [1.165, 1.54) is 25.7 Å². The molecule has 3 nitrogen and oxygen atoms in total. The van der Waals surface area contributed by atoms with Gasteiger partial charge in [0.2, 0.25) is 5.91 Å². The Kier molecular flexibility index (Phi) is 3.59. The van der Waals surface area contributed by atoms with Crippen LogP contribution >= 0.6 is 0 Å². The number of nitrogens with one attached hydrogen (secondary N) is 1. The summed E-state index contributed by atoms with van der Waals surface area (Å²) in [6.07, 6.45) is 7.94. The van der Waals surface area contributed by atoms with Crippen molar-refractivity contribution in [1.82, 2.24) is 10.2 Å². The molecule has 3 aliphatic rings. The minimum atomic E-state index is 0.0516. The summed E-state index contributed by atoms with van der Waals surface area (Å²) >= 11 is 0. The first-order chi connectivity index (χ1) is 9.11. The lowest BCUT2D eigenvalue weighted by atomic mass is 9.93. The highest BCUT2D eigenvalue weighted by Crippen LogP contribution is 2.48. The Labute approximate surface area is 117 Å². The van der Waals surface area contributed by atoms with E-state index in [9.17, 15) is 4.79 Å². The van der Waals surface area contributed by atoms with E-state index in [1.54, 1.807) is 0 Å². The van der Waals surface area contributed by atoms with Crippen LogP contribution < -0.4 is 5.32 Å². The fourth-order valence-corrected chi connectivity index (χ4v) is 4.59. The fraction of sp³-hybridized carbons (Fsp3) is 0.938. The van der Waals surface area contributed by atoms with E-state index >= 15 is 0 Å². The topological polar surface area (TPSA) is 32.3 Å². The van der Waals surface area contributed by atoms with E-state index in [4.69, 9.17) is 0 Å². The molecule has 2 saturated carbocycles. The van der Waals surface area contributed by atoms with Crippen molar-refractivity contribution in [3.05, 3.63) is 0 Å². The third-order valence-corrected chi connectivity index (χ3v) is 5.52.